The molecular formula is C15H20ClN3OS. The fourth-order valence-electron chi connectivity index (χ4n) is 1.96. The summed E-state index contributed by atoms with van der Waals surface area (Å²) in [7, 11) is 1.94. The summed E-state index contributed by atoms with van der Waals surface area (Å²) in [5.74, 6) is -0.254. The fourth-order valence-corrected chi connectivity index (χ4v) is 3.14. The summed E-state index contributed by atoms with van der Waals surface area (Å²) in [6.07, 6.45) is 3.18. The molecule has 21 heavy (non-hydrogen) atoms. The molecule has 4 nitrogen and oxygen atoms in total. The van der Waals surface area contributed by atoms with E-state index in [4.69, 9.17) is 0 Å². The first kappa shape index (κ1) is 17.6. The van der Waals surface area contributed by atoms with E-state index in [-0.39, 0.29) is 23.7 Å². The van der Waals surface area contributed by atoms with Crippen LogP contribution in [0.1, 0.15) is 41.7 Å². The average molecular weight is 326 g/mol. The van der Waals surface area contributed by atoms with Gasteiger partial charge in [0.2, 0.25) is 0 Å². The first-order chi connectivity index (χ1) is 9.30. The largest absolute Gasteiger partial charge is 0.324 e. The van der Waals surface area contributed by atoms with Crippen molar-refractivity contribution in [2.45, 2.75) is 33.1 Å². The fraction of sp³-hybridized carbons (Fsp3) is 0.400. The predicted octanol–water partition coefficient (Wildman–Crippen LogP) is 3.25. The van der Waals surface area contributed by atoms with Crippen molar-refractivity contribution in [3.05, 3.63) is 45.5 Å². The molecule has 1 amide bonds. The van der Waals surface area contributed by atoms with Crippen molar-refractivity contribution in [1.82, 2.24) is 9.55 Å². The molecule has 0 aliphatic rings. The normalized spacial score (nSPS) is 12.1. The van der Waals surface area contributed by atoms with E-state index in [1.807, 2.05) is 11.6 Å². The Labute approximate surface area is 135 Å². The lowest BCUT2D eigenvalue weighted by molar-refractivity contribution is 0.0997. The standard InChI is InChI=1S/C15H19N3OS.ClH/c1-10-12(15(2,3)4)20-14(18(10)5)17-13(19)11-7-6-8-16-9-11;/h6-9H,1-5H3;1H. The molecule has 2 aromatic heterocycles. The van der Waals surface area contributed by atoms with Gasteiger partial charge in [-0.25, -0.2) is 0 Å². The number of carbonyl (C=O) groups is 1. The lowest BCUT2D eigenvalue weighted by Crippen LogP contribution is -2.15. The SMILES string of the molecule is Cc1c(C(C)(C)C)sc(=NC(=O)c2cccnc2)n1C.Cl. The van der Waals surface area contributed by atoms with E-state index >= 15 is 0 Å². The van der Waals surface area contributed by atoms with Gasteiger partial charge in [0.05, 0.1) is 5.56 Å². The molecule has 0 aliphatic heterocycles. The van der Waals surface area contributed by atoms with Crippen molar-refractivity contribution in [2.75, 3.05) is 0 Å². The monoisotopic (exact) mass is 325 g/mol. The van der Waals surface area contributed by atoms with Crippen LogP contribution < -0.4 is 4.80 Å². The predicted molar refractivity (Wildman–Crippen MR) is 88.1 cm³/mol. The first-order valence-electron chi connectivity index (χ1n) is 6.46. The smallest absolute Gasteiger partial charge is 0.281 e. The van der Waals surface area contributed by atoms with E-state index in [9.17, 15) is 4.79 Å². The highest BCUT2D eigenvalue weighted by Gasteiger charge is 2.21. The highest BCUT2D eigenvalue weighted by Crippen LogP contribution is 2.27. The molecule has 0 aliphatic carbocycles. The maximum absolute atomic E-state index is 12.1. The van der Waals surface area contributed by atoms with Crippen LogP contribution in [0.15, 0.2) is 29.5 Å². The van der Waals surface area contributed by atoms with E-state index in [1.165, 1.54) is 11.1 Å². The van der Waals surface area contributed by atoms with Gasteiger partial charge in [-0.2, -0.15) is 4.99 Å². The summed E-state index contributed by atoms with van der Waals surface area (Å²) in [5, 5.41) is 0. The Morgan fingerprint density at radius 2 is 2.05 bits per heavy atom. The Morgan fingerprint density at radius 3 is 2.52 bits per heavy atom. The van der Waals surface area contributed by atoms with Gasteiger partial charge in [-0.1, -0.05) is 20.8 Å². The molecule has 2 heterocycles. The molecule has 2 rings (SSSR count). The summed E-state index contributed by atoms with van der Waals surface area (Å²) >= 11 is 1.57. The molecule has 0 N–H and O–H groups in total. The van der Waals surface area contributed by atoms with Gasteiger partial charge in [0, 0.05) is 30.0 Å². The Kier molecular flexibility index (Phi) is 5.48. The van der Waals surface area contributed by atoms with Crippen molar-refractivity contribution in [1.29, 1.82) is 0 Å². The summed E-state index contributed by atoms with van der Waals surface area (Å²) in [4.78, 5) is 22.3. The molecule has 0 unspecified atom stereocenters. The molecule has 0 saturated heterocycles. The quantitative estimate of drug-likeness (QED) is 0.808. The van der Waals surface area contributed by atoms with Gasteiger partial charge in [0.25, 0.3) is 5.91 Å². The highest BCUT2D eigenvalue weighted by atomic mass is 35.5. The van der Waals surface area contributed by atoms with Gasteiger partial charge < -0.3 is 4.57 Å². The third-order valence-electron chi connectivity index (χ3n) is 3.10. The van der Waals surface area contributed by atoms with Crippen LogP contribution in [0.5, 0.6) is 0 Å². The maximum atomic E-state index is 12.1. The highest BCUT2D eigenvalue weighted by molar-refractivity contribution is 7.09. The van der Waals surface area contributed by atoms with Crippen LogP contribution in [0.2, 0.25) is 0 Å². The van der Waals surface area contributed by atoms with Crippen molar-refractivity contribution < 1.29 is 4.79 Å². The van der Waals surface area contributed by atoms with Crippen molar-refractivity contribution in [3.63, 3.8) is 0 Å². The van der Waals surface area contributed by atoms with Crippen LogP contribution in [-0.4, -0.2) is 15.5 Å². The van der Waals surface area contributed by atoms with E-state index in [0.29, 0.717) is 5.56 Å². The molecule has 6 heteroatoms. The maximum Gasteiger partial charge on any atom is 0.281 e. The molecule has 0 bridgehead atoms. The third-order valence-corrected chi connectivity index (χ3v) is 4.76. The number of halogens is 1. The number of hydrogen-bond donors (Lipinski definition) is 0. The van der Waals surface area contributed by atoms with Crippen LogP contribution in [0, 0.1) is 6.92 Å². The summed E-state index contributed by atoms with van der Waals surface area (Å²) in [6, 6.07) is 3.47. The van der Waals surface area contributed by atoms with Gasteiger partial charge in [0.1, 0.15) is 0 Å². The second kappa shape index (κ2) is 6.54. The Hall–Kier alpha value is -1.46. The van der Waals surface area contributed by atoms with Crippen LogP contribution in [0.4, 0.5) is 0 Å². The topological polar surface area (TPSA) is 47.2 Å². The molecule has 0 radical (unpaired) electrons. The zero-order chi connectivity index (χ0) is 14.9. The number of nitrogens with zero attached hydrogens (tertiary/aromatic N) is 3. The Bertz CT molecular complexity index is 696. The second-order valence-corrected chi connectivity index (χ2v) is 6.74. The van der Waals surface area contributed by atoms with Crippen molar-refractivity contribution >= 4 is 29.7 Å². The van der Waals surface area contributed by atoms with Gasteiger partial charge >= 0.3 is 0 Å². The molecule has 0 saturated carbocycles. The minimum Gasteiger partial charge on any atom is -0.324 e. The van der Waals surface area contributed by atoms with Crippen LogP contribution >= 0.6 is 23.7 Å². The molecule has 0 aromatic carbocycles. The lowest BCUT2D eigenvalue weighted by atomic mass is 9.93. The minimum atomic E-state index is -0.254. The zero-order valence-corrected chi connectivity index (χ0v) is 14.5. The van der Waals surface area contributed by atoms with Gasteiger partial charge in [-0.3, -0.25) is 9.78 Å². The van der Waals surface area contributed by atoms with Gasteiger partial charge in [-0.05, 0) is 24.5 Å². The first-order valence-corrected chi connectivity index (χ1v) is 7.28. The third kappa shape index (κ3) is 3.80. The van der Waals surface area contributed by atoms with E-state index in [1.54, 1.807) is 29.7 Å². The lowest BCUT2D eigenvalue weighted by Gasteiger charge is -2.17. The minimum absolute atomic E-state index is 0. The Balaban J connectivity index is 0.00000220. The number of hydrogen-bond acceptors (Lipinski definition) is 3. The number of rotatable bonds is 1. The molecule has 0 fully saturated rings. The second-order valence-electron chi connectivity index (χ2n) is 5.77. The number of amides is 1. The van der Waals surface area contributed by atoms with E-state index in [0.717, 1.165) is 10.5 Å². The summed E-state index contributed by atoms with van der Waals surface area (Å²) < 4.78 is 1.97. The van der Waals surface area contributed by atoms with E-state index < -0.39 is 0 Å². The van der Waals surface area contributed by atoms with Gasteiger partial charge in [-0.15, -0.1) is 23.7 Å². The summed E-state index contributed by atoms with van der Waals surface area (Å²) in [5.41, 5.74) is 1.72. The number of aromatic nitrogens is 2. The average Bonchev–Trinajstić information content (AvgIpc) is 2.68. The molecule has 0 spiro atoms. The van der Waals surface area contributed by atoms with Crippen LogP contribution in [0.3, 0.4) is 0 Å². The van der Waals surface area contributed by atoms with Crippen LogP contribution in [-0.2, 0) is 12.5 Å². The van der Waals surface area contributed by atoms with Crippen molar-refractivity contribution in [2.24, 2.45) is 12.0 Å². The van der Waals surface area contributed by atoms with Gasteiger partial charge in [0.15, 0.2) is 4.80 Å². The molecular weight excluding hydrogens is 306 g/mol. The zero-order valence-electron chi connectivity index (χ0n) is 12.9. The number of pyridine rings is 1. The molecule has 114 valence electrons. The Morgan fingerprint density at radius 1 is 1.38 bits per heavy atom. The van der Waals surface area contributed by atoms with E-state index in [2.05, 4.69) is 37.7 Å². The molecule has 0 atom stereocenters. The summed E-state index contributed by atoms with van der Waals surface area (Å²) in [6.45, 7) is 8.56. The number of thiazole rings is 1. The number of carbonyl (C=O) groups excluding carboxylic acids is 1. The van der Waals surface area contributed by atoms with Crippen LogP contribution in [0.25, 0.3) is 0 Å². The molecule has 2 aromatic rings. The van der Waals surface area contributed by atoms with Crippen molar-refractivity contribution in [3.8, 4) is 0 Å².